The van der Waals surface area contributed by atoms with Crippen molar-refractivity contribution in [3.05, 3.63) is 59.9 Å². The van der Waals surface area contributed by atoms with Crippen molar-refractivity contribution in [3.8, 4) is 5.75 Å². The molecule has 0 saturated heterocycles. The van der Waals surface area contributed by atoms with Crippen LogP contribution in [-0.4, -0.2) is 45.9 Å². The summed E-state index contributed by atoms with van der Waals surface area (Å²) in [6.07, 6.45) is -3.22. The van der Waals surface area contributed by atoms with E-state index < -0.39 is 37.6 Å². The Balaban J connectivity index is 1.66. The van der Waals surface area contributed by atoms with Crippen LogP contribution in [0.2, 0.25) is 0 Å². The highest BCUT2D eigenvalue weighted by atomic mass is 31.2. The largest absolute Gasteiger partial charge is 0.462 e. The molecule has 0 saturated carbocycles. The third-order valence-corrected chi connectivity index (χ3v) is 8.90. The first-order valence-electron chi connectivity index (χ1n) is 15.5. The van der Waals surface area contributed by atoms with Gasteiger partial charge in [0.25, 0.3) is 0 Å². The van der Waals surface area contributed by atoms with Gasteiger partial charge in [-0.1, -0.05) is 31.5 Å². The molecular formula is C32H41F3N5O6P. The van der Waals surface area contributed by atoms with Gasteiger partial charge in [-0.25, -0.2) is 14.5 Å². The molecule has 1 unspecified atom stereocenters. The molecule has 11 nitrogen and oxygen atoms in total. The van der Waals surface area contributed by atoms with Gasteiger partial charge in [-0.05, 0) is 70.9 Å². The van der Waals surface area contributed by atoms with E-state index in [0.29, 0.717) is 36.3 Å². The molecule has 0 bridgehead atoms. The SMILES string of the molecule is CCC[C@H](CCOP(=O)(N[C@@H](C)C(=O)OC(C)C)Oc1ccc(C(F)(F)F)cc1)n1c(COCC)nc2c(N)nc3ccccc3c21. The van der Waals surface area contributed by atoms with E-state index in [4.69, 9.17) is 29.2 Å². The monoisotopic (exact) mass is 679 g/mol. The number of para-hydroxylation sites is 1. The number of imidazole rings is 1. The Hall–Kier alpha value is -3.71. The third-order valence-electron chi connectivity index (χ3n) is 7.23. The minimum Gasteiger partial charge on any atom is -0.462 e. The van der Waals surface area contributed by atoms with Gasteiger partial charge in [-0.3, -0.25) is 9.32 Å². The fourth-order valence-electron chi connectivity index (χ4n) is 5.16. The highest BCUT2D eigenvalue weighted by molar-refractivity contribution is 7.52. The summed E-state index contributed by atoms with van der Waals surface area (Å²) in [5.41, 5.74) is 7.48. The molecule has 0 spiro atoms. The number of nitrogens with zero attached hydrogens (tertiary/aromatic N) is 3. The Morgan fingerprint density at radius 1 is 1.04 bits per heavy atom. The molecule has 47 heavy (non-hydrogen) atoms. The van der Waals surface area contributed by atoms with Gasteiger partial charge < -0.3 is 24.3 Å². The lowest BCUT2D eigenvalue weighted by Crippen LogP contribution is -2.36. The van der Waals surface area contributed by atoms with Crippen molar-refractivity contribution in [3.63, 3.8) is 0 Å². The molecule has 2 aromatic heterocycles. The average Bonchev–Trinajstić information content (AvgIpc) is 3.39. The minimum absolute atomic E-state index is 0.117. The summed E-state index contributed by atoms with van der Waals surface area (Å²) in [5.74, 6) is 0.0739. The predicted octanol–water partition coefficient (Wildman–Crippen LogP) is 7.59. The van der Waals surface area contributed by atoms with Crippen LogP contribution in [0.25, 0.3) is 21.9 Å². The van der Waals surface area contributed by atoms with Crippen LogP contribution in [0.3, 0.4) is 0 Å². The number of rotatable bonds is 16. The van der Waals surface area contributed by atoms with Crippen molar-refractivity contribution in [1.29, 1.82) is 0 Å². The summed E-state index contributed by atoms with van der Waals surface area (Å²) in [6, 6.07) is 9.94. The molecular weight excluding hydrogens is 638 g/mol. The second-order valence-corrected chi connectivity index (χ2v) is 13.0. The number of carbonyl (C=O) groups is 1. The molecule has 3 atom stereocenters. The first-order valence-corrected chi connectivity index (χ1v) is 17.0. The number of hydrogen-bond donors (Lipinski definition) is 2. The maximum Gasteiger partial charge on any atom is 0.459 e. The molecule has 4 aromatic rings. The first-order chi connectivity index (χ1) is 22.3. The number of nitrogen functional groups attached to an aromatic ring is 1. The second-order valence-electron chi connectivity index (χ2n) is 11.3. The zero-order chi connectivity index (χ0) is 34.4. The number of hydrogen-bond acceptors (Lipinski definition) is 9. The molecule has 0 aliphatic rings. The van der Waals surface area contributed by atoms with Gasteiger partial charge in [0, 0.05) is 18.0 Å². The number of ether oxygens (including phenoxy) is 2. The number of halogens is 3. The number of pyridine rings is 1. The Morgan fingerprint density at radius 3 is 2.38 bits per heavy atom. The minimum atomic E-state index is -4.56. The number of carbonyl (C=O) groups excluding carboxylic acids is 1. The van der Waals surface area contributed by atoms with Crippen molar-refractivity contribution < 1.29 is 41.1 Å². The molecule has 0 aliphatic carbocycles. The van der Waals surface area contributed by atoms with Crippen molar-refractivity contribution in [2.45, 2.75) is 84.9 Å². The van der Waals surface area contributed by atoms with Gasteiger partial charge in [0.05, 0.1) is 29.3 Å². The van der Waals surface area contributed by atoms with Gasteiger partial charge in [-0.2, -0.15) is 18.3 Å². The number of esters is 1. The van der Waals surface area contributed by atoms with E-state index in [1.807, 2.05) is 38.1 Å². The highest BCUT2D eigenvalue weighted by Crippen LogP contribution is 2.46. The van der Waals surface area contributed by atoms with Crippen molar-refractivity contribution >= 4 is 41.5 Å². The summed E-state index contributed by atoms with van der Waals surface area (Å²) < 4.78 is 78.0. The number of fused-ring (bicyclic) bond motifs is 3. The standard InChI is InChI=1S/C32H41F3N5O6P/c1-6-10-23(40-27(19-43-7-2)38-28-29(40)25-11-8-9-12-26(25)37-30(28)36)17-18-44-47(42,39-21(5)31(41)45-20(3)4)46-24-15-13-22(14-16-24)32(33,34)35/h8-9,11-16,20-21,23H,6-7,10,17-19H2,1-5H3,(H2,36,37)(H,39,42)/t21-,23+,47?/m0/s1. The van der Waals surface area contributed by atoms with Gasteiger partial charge in [0.15, 0.2) is 5.82 Å². The zero-order valence-electron chi connectivity index (χ0n) is 27.0. The topological polar surface area (TPSA) is 140 Å². The molecule has 0 amide bonds. The summed E-state index contributed by atoms with van der Waals surface area (Å²) >= 11 is 0. The van der Waals surface area contributed by atoms with Gasteiger partial charge >= 0.3 is 19.9 Å². The lowest BCUT2D eigenvalue weighted by molar-refractivity contribution is -0.149. The number of anilines is 1. The van der Waals surface area contributed by atoms with Crippen LogP contribution in [0.1, 0.15) is 71.3 Å². The molecule has 0 fully saturated rings. The fourth-order valence-corrected chi connectivity index (χ4v) is 6.66. The lowest BCUT2D eigenvalue weighted by Gasteiger charge is -2.26. The first kappa shape index (κ1) is 36.1. The van der Waals surface area contributed by atoms with E-state index >= 15 is 0 Å². The van der Waals surface area contributed by atoms with Crippen LogP contribution in [-0.2, 0) is 36.1 Å². The summed E-state index contributed by atoms with van der Waals surface area (Å²) in [6.45, 7) is 9.24. The smallest absolute Gasteiger partial charge is 0.459 e. The van der Waals surface area contributed by atoms with Crippen LogP contribution < -0.4 is 15.3 Å². The van der Waals surface area contributed by atoms with E-state index in [1.54, 1.807) is 13.8 Å². The Labute approximate surface area is 271 Å². The molecule has 3 N–H and O–H groups in total. The van der Waals surface area contributed by atoms with Crippen molar-refractivity contribution in [2.24, 2.45) is 0 Å². The molecule has 0 aliphatic heterocycles. The van der Waals surface area contributed by atoms with Gasteiger partial charge in [0.2, 0.25) is 0 Å². The average molecular weight is 680 g/mol. The van der Waals surface area contributed by atoms with Crippen LogP contribution in [0, 0.1) is 0 Å². The quantitative estimate of drug-likeness (QED) is 0.0899. The zero-order valence-corrected chi connectivity index (χ0v) is 27.9. The number of benzene rings is 2. The van der Waals surface area contributed by atoms with E-state index in [2.05, 4.69) is 14.6 Å². The molecule has 2 aromatic carbocycles. The fraction of sp³-hybridized carbons (Fsp3) is 0.469. The van der Waals surface area contributed by atoms with Crippen LogP contribution in [0.4, 0.5) is 19.0 Å². The highest BCUT2D eigenvalue weighted by Gasteiger charge is 2.34. The normalized spacial score (nSPS) is 14.7. The van der Waals surface area contributed by atoms with E-state index in [-0.39, 0.29) is 30.8 Å². The van der Waals surface area contributed by atoms with Gasteiger partial charge in [-0.15, -0.1) is 0 Å². The Morgan fingerprint density at radius 2 is 1.74 bits per heavy atom. The summed E-state index contributed by atoms with van der Waals surface area (Å²) in [7, 11) is -4.34. The number of nitrogens with two attached hydrogens (primary N) is 1. The molecule has 15 heteroatoms. The van der Waals surface area contributed by atoms with Crippen molar-refractivity contribution in [1.82, 2.24) is 19.6 Å². The lowest BCUT2D eigenvalue weighted by atomic mass is 10.1. The number of alkyl halides is 3. The van der Waals surface area contributed by atoms with Crippen LogP contribution in [0.5, 0.6) is 5.75 Å². The maximum atomic E-state index is 14.1. The summed E-state index contributed by atoms with van der Waals surface area (Å²) in [4.78, 5) is 21.9. The predicted molar refractivity (Wildman–Crippen MR) is 173 cm³/mol. The Kier molecular flexibility index (Phi) is 11.9. The summed E-state index contributed by atoms with van der Waals surface area (Å²) in [5, 5.41) is 3.43. The molecule has 2 heterocycles. The van der Waals surface area contributed by atoms with E-state index in [1.165, 1.54) is 6.92 Å². The third kappa shape index (κ3) is 9.01. The van der Waals surface area contributed by atoms with Crippen LogP contribution >= 0.6 is 7.75 Å². The van der Waals surface area contributed by atoms with E-state index in [0.717, 1.165) is 41.6 Å². The second kappa shape index (κ2) is 15.5. The number of aromatic nitrogens is 3. The molecule has 4 rings (SSSR count). The number of nitrogens with one attached hydrogen (secondary N) is 1. The van der Waals surface area contributed by atoms with Crippen molar-refractivity contribution in [2.75, 3.05) is 18.9 Å². The van der Waals surface area contributed by atoms with E-state index in [9.17, 15) is 22.5 Å². The van der Waals surface area contributed by atoms with Crippen LogP contribution in [0.15, 0.2) is 48.5 Å². The van der Waals surface area contributed by atoms with Gasteiger partial charge in [0.1, 0.15) is 29.7 Å². The maximum absolute atomic E-state index is 14.1. The molecule has 0 radical (unpaired) electrons. The molecule has 256 valence electrons. The Bertz CT molecular complexity index is 1710.